The summed E-state index contributed by atoms with van der Waals surface area (Å²) < 4.78 is 79.6. The van der Waals surface area contributed by atoms with E-state index in [9.17, 15) is 41.0 Å². The molecule has 3 aromatic carbocycles. The quantitative estimate of drug-likeness (QED) is 0.301. The molecule has 3 rings (SSSR count). The lowest BCUT2D eigenvalue weighted by Crippen LogP contribution is -2.38. The summed E-state index contributed by atoms with van der Waals surface area (Å²) in [6, 6.07) is 12.5. The number of benzene rings is 3. The van der Waals surface area contributed by atoms with Gasteiger partial charge in [-0.3, -0.25) is 4.79 Å². The fraction of sp³-hybridized carbons (Fsp3) is 0.231. The fourth-order valence-electron chi connectivity index (χ4n) is 3.71. The maximum Gasteiger partial charge on any atom is 0.416 e. The number of alkyl halides is 6. The molecule has 0 saturated carbocycles. The number of fused-ring (bicyclic) bond motifs is 1. The molecule has 1 unspecified atom stereocenters. The average Bonchev–Trinajstić information content (AvgIpc) is 2.81. The van der Waals surface area contributed by atoms with Crippen LogP contribution in [0.25, 0.3) is 10.8 Å². The second-order valence-electron chi connectivity index (χ2n) is 8.32. The highest BCUT2D eigenvalue weighted by atomic mass is 19.4. The summed E-state index contributed by atoms with van der Waals surface area (Å²) in [5.74, 6) is -2.40. The van der Waals surface area contributed by atoms with E-state index in [1.807, 2.05) is 36.4 Å². The van der Waals surface area contributed by atoms with Crippen LogP contribution in [0.15, 0.2) is 72.3 Å². The first kappa shape index (κ1) is 26.8. The third-order valence-corrected chi connectivity index (χ3v) is 5.69. The van der Waals surface area contributed by atoms with Gasteiger partial charge in [-0.1, -0.05) is 48.5 Å². The topological polar surface area (TPSA) is 57.6 Å². The minimum Gasteiger partial charge on any atom is -0.478 e. The van der Waals surface area contributed by atoms with Crippen LogP contribution in [-0.4, -0.2) is 35.0 Å². The van der Waals surface area contributed by atoms with E-state index in [2.05, 4.69) is 0 Å². The SMILES string of the molecule is CC(=CC(Cc1ccc2ccccc2c1)N(C)C(=O)c1cc(C(F)(F)F)cc(C(F)(F)F)c1)C(=O)O. The van der Waals surface area contributed by atoms with E-state index in [4.69, 9.17) is 0 Å². The Morgan fingerprint density at radius 2 is 1.44 bits per heavy atom. The molecule has 1 N–H and O–H groups in total. The Kier molecular flexibility index (Phi) is 7.47. The normalized spacial score (nSPS) is 13.5. The van der Waals surface area contributed by atoms with Crippen LogP contribution in [0.1, 0.15) is 34.0 Å². The standard InChI is InChI=1S/C26H21F6NO3/c1-15(24(35)36)9-22(11-16-7-8-17-5-3-4-6-18(17)10-16)33(2)23(34)19-12-20(25(27,28)29)14-21(13-19)26(30,31)32/h3-10,12-14,22H,11H2,1-2H3,(H,35,36). The minimum absolute atomic E-state index is 0.0577. The molecule has 0 aliphatic heterocycles. The van der Waals surface area contributed by atoms with Crippen molar-refractivity contribution >= 4 is 22.6 Å². The summed E-state index contributed by atoms with van der Waals surface area (Å²) in [5.41, 5.74) is -3.49. The molecular weight excluding hydrogens is 488 g/mol. The smallest absolute Gasteiger partial charge is 0.416 e. The number of carboxylic acids is 1. The Hall–Kier alpha value is -3.82. The van der Waals surface area contributed by atoms with Crippen LogP contribution in [0.5, 0.6) is 0 Å². The Bertz CT molecular complexity index is 1290. The molecule has 4 nitrogen and oxygen atoms in total. The molecule has 1 amide bonds. The second-order valence-corrected chi connectivity index (χ2v) is 8.32. The van der Waals surface area contributed by atoms with Crippen LogP contribution >= 0.6 is 0 Å². The molecule has 0 radical (unpaired) electrons. The fourth-order valence-corrected chi connectivity index (χ4v) is 3.71. The maximum absolute atomic E-state index is 13.3. The number of aliphatic carboxylic acids is 1. The first-order valence-corrected chi connectivity index (χ1v) is 10.6. The molecule has 36 heavy (non-hydrogen) atoms. The Balaban J connectivity index is 2.04. The zero-order chi connectivity index (χ0) is 26.8. The summed E-state index contributed by atoms with van der Waals surface area (Å²) in [7, 11) is 1.20. The van der Waals surface area contributed by atoms with Gasteiger partial charge in [0.25, 0.3) is 5.91 Å². The molecular formula is C26H21F6NO3. The highest BCUT2D eigenvalue weighted by molar-refractivity contribution is 5.95. The molecule has 0 aliphatic carbocycles. The minimum atomic E-state index is -5.11. The Morgan fingerprint density at radius 3 is 1.97 bits per heavy atom. The number of amides is 1. The molecule has 0 saturated heterocycles. The van der Waals surface area contributed by atoms with Crippen molar-refractivity contribution in [3.05, 3.63) is 94.6 Å². The van der Waals surface area contributed by atoms with Crippen molar-refractivity contribution in [2.24, 2.45) is 0 Å². The largest absolute Gasteiger partial charge is 0.478 e. The molecule has 3 aromatic rings. The van der Waals surface area contributed by atoms with E-state index < -0.39 is 47.0 Å². The molecule has 0 aliphatic rings. The number of carbonyl (C=O) groups excluding carboxylic acids is 1. The van der Waals surface area contributed by atoms with Gasteiger partial charge in [0.1, 0.15) is 0 Å². The van der Waals surface area contributed by atoms with Crippen molar-refractivity contribution in [3.8, 4) is 0 Å². The molecule has 1 atom stereocenters. The second kappa shape index (κ2) is 10.0. The number of hydrogen-bond acceptors (Lipinski definition) is 2. The third-order valence-electron chi connectivity index (χ3n) is 5.69. The van der Waals surface area contributed by atoms with Crippen molar-refractivity contribution in [1.29, 1.82) is 0 Å². The summed E-state index contributed by atoms with van der Waals surface area (Å²) >= 11 is 0. The van der Waals surface area contributed by atoms with E-state index in [1.54, 1.807) is 6.07 Å². The van der Waals surface area contributed by atoms with Gasteiger partial charge in [0, 0.05) is 18.2 Å². The van der Waals surface area contributed by atoms with Crippen LogP contribution in [0.4, 0.5) is 26.3 Å². The number of nitrogens with zero attached hydrogens (tertiary/aromatic N) is 1. The molecule has 190 valence electrons. The van der Waals surface area contributed by atoms with Crippen LogP contribution in [0.2, 0.25) is 0 Å². The lowest BCUT2D eigenvalue weighted by atomic mass is 9.98. The third kappa shape index (κ3) is 6.24. The first-order chi connectivity index (χ1) is 16.7. The van der Waals surface area contributed by atoms with E-state index in [1.165, 1.54) is 20.0 Å². The van der Waals surface area contributed by atoms with E-state index in [0.29, 0.717) is 17.7 Å². The lowest BCUT2D eigenvalue weighted by Gasteiger charge is -2.27. The highest BCUT2D eigenvalue weighted by Crippen LogP contribution is 2.36. The number of likely N-dealkylation sites (N-methyl/N-ethyl adjacent to an activating group) is 1. The molecule has 0 bridgehead atoms. The zero-order valence-corrected chi connectivity index (χ0v) is 19.1. The van der Waals surface area contributed by atoms with Crippen LogP contribution in [0.3, 0.4) is 0 Å². The predicted octanol–water partition coefficient (Wildman–Crippen LogP) is 6.59. The Labute approximate surface area is 202 Å². The summed E-state index contributed by atoms with van der Waals surface area (Å²) in [4.78, 5) is 25.5. The van der Waals surface area contributed by atoms with Gasteiger partial charge in [-0.25, -0.2) is 4.79 Å². The van der Waals surface area contributed by atoms with E-state index >= 15 is 0 Å². The molecule has 0 spiro atoms. The number of carbonyl (C=O) groups is 2. The van der Waals surface area contributed by atoms with Crippen LogP contribution in [0, 0.1) is 0 Å². The summed E-state index contributed by atoms with van der Waals surface area (Å²) in [5, 5.41) is 11.1. The molecule has 0 aromatic heterocycles. The van der Waals surface area contributed by atoms with Crippen molar-refractivity contribution in [3.63, 3.8) is 0 Å². The molecule has 10 heteroatoms. The van der Waals surface area contributed by atoms with E-state index in [-0.39, 0.29) is 18.1 Å². The summed E-state index contributed by atoms with van der Waals surface area (Å²) in [6.07, 6.45) is -8.91. The summed E-state index contributed by atoms with van der Waals surface area (Å²) in [6.45, 7) is 1.28. The van der Waals surface area contributed by atoms with Gasteiger partial charge in [-0.15, -0.1) is 0 Å². The van der Waals surface area contributed by atoms with Crippen molar-refractivity contribution in [1.82, 2.24) is 4.90 Å². The van der Waals surface area contributed by atoms with Gasteiger partial charge in [-0.2, -0.15) is 26.3 Å². The van der Waals surface area contributed by atoms with E-state index in [0.717, 1.165) is 15.7 Å². The average molecular weight is 509 g/mol. The number of halogens is 6. The van der Waals surface area contributed by atoms with Gasteiger partial charge in [0.15, 0.2) is 0 Å². The van der Waals surface area contributed by atoms with Crippen LogP contribution in [-0.2, 0) is 23.6 Å². The van der Waals surface area contributed by atoms with Crippen molar-refractivity contribution < 1.29 is 41.0 Å². The Morgan fingerprint density at radius 1 is 0.889 bits per heavy atom. The van der Waals surface area contributed by atoms with Gasteiger partial charge < -0.3 is 10.0 Å². The van der Waals surface area contributed by atoms with Crippen molar-refractivity contribution in [2.75, 3.05) is 7.05 Å². The van der Waals surface area contributed by atoms with Gasteiger partial charge in [0.05, 0.1) is 17.2 Å². The van der Waals surface area contributed by atoms with Gasteiger partial charge >= 0.3 is 18.3 Å². The number of hydrogen-bond donors (Lipinski definition) is 1. The first-order valence-electron chi connectivity index (χ1n) is 10.6. The zero-order valence-electron chi connectivity index (χ0n) is 19.1. The highest BCUT2D eigenvalue weighted by Gasteiger charge is 2.38. The molecule has 0 heterocycles. The monoisotopic (exact) mass is 509 g/mol. The van der Waals surface area contributed by atoms with Gasteiger partial charge in [-0.05, 0) is 47.9 Å². The molecule has 0 fully saturated rings. The van der Waals surface area contributed by atoms with Crippen LogP contribution < -0.4 is 0 Å². The maximum atomic E-state index is 13.3. The lowest BCUT2D eigenvalue weighted by molar-refractivity contribution is -0.143. The number of carboxylic acid groups (broad SMARTS) is 1. The number of rotatable bonds is 6. The predicted molar refractivity (Wildman–Crippen MR) is 121 cm³/mol. The van der Waals surface area contributed by atoms with Crippen molar-refractivity contribution in [2.45, 2.75) is 31.7 Å². The van der Waals surface area contributed by atoms with Gasteiger partial charge in [0.2, 0.25) is 0 Å².